The van der Waals surface area contributed by atoms with Crippen molar-refractivity contribution in [2.75, 3.05) is 31.1 Å². The number of anilines is 1. The zero-order valence-electron chi connectivity index (χ0n) is 19.2. The zero-order chi connectivity index (χ0) is 22.2. The lowest BCUT2D eigenvalue weighted by Gasteiger charge is -2.35. The lowest BCUT2D eigenvalue weighted by molar-refractivity contribution is -0.135. The minimum absolute atomic E-state index is 0.0799. The summed E-state index contributed by atoms with van der Waals surface area (Å²) in [5, 5.41) is 4.77. The molecule has 1 aliphatic heterocycles. The monoisotopic (exact) mass is 420 g/mol. The number of amides is 1. The number of rotatable bonds is 4. The smallest absolute Gasteiger partial charge is 0.254 e. The van der Waals surface area contributed by atoms with Crippen molar-refractivity contribution < 1.29 is 4.79 Å². The predicted octanol–water partition coefficient (Wildman–Crippen LogP) is 3.78. The predicted molar refractivity (Wildman–Crippen MR) is 123 cm³/mol. The second-order valence-electron chi connectivity index (χ2n) is 9.40. The molecule has 3 aromatic rings. The van der Waals surface area contributed by atoms with Crippen molar-refractivity contribution in [3.63, 3.8) is 0 Å². The van der Waals surface area contributed by atoms with Crippen LogP contribution in [0.5, 0.6) is 0 Å². The van der Waals surface area contributed by atoms with Gasteiger partial charge in [0.1, 0.15) is 0 Å². The van der Waals surface area contributed by atoms with Crippen molar-refractivity contribution in [3.8, 4) is 11.3 Å². The van der Waals surface area contributed by atoms with E-state index in [2.05, 4.69) is 66.8 Å². The molecule has 0 saturated carbocycles. The molecule has 1 aliphatic rings. The van der Waals surface area contributed by atoms with Gasteiger partial charge in [0.2, 0.25) is 11.9 Å². The number of hydrogen-bond acceptors (Lipinski definition) is 5. The van der Waals surface area contributed by atoms with Crippen LogP contribution in [-0.4, -0.2) is 56.6 Å². The molecule has 0 unspecified atom stereocenters. The fourth-order valence-corrected chi connectivity index (χ4v) is 3.89. The molecule has 1 fully saturated rings. The molecule has 164 valence electrons. The van der Waals surface area contributed by atoms with Gasteiger partial charge in [-0.3, -0.25) is 4.79 Å². The normalized spacial score (nSPS) is 16.0. The first-order valence-corrected chi connectivity index (χ1v) is 11.1. The van der Waals surface area contributed by atoms with Crippen LogP contribution in [0.3, 0.4) is 0 Å². The van der Waals surface area contributed by atoms with E-state index in [-0.39, 0.29) is 17.2 Å². The highest BCUT2D eigenvalue weighted by atomic mass is 16.2. The van der Waals surface area contributed by atoms with Gasteiger partial charge in [-0.15, -0.1) is 5.10 Å². The van der Waals surface area contributed by atoms with Gasteiger partial charge in [-0.25, -0.2) is 4.98 Å². The molecule has 3 heterocycles. The van der Waals surface area contributed by atoms with Gasteiger partial charge in [0.15, 0.2) is 0 Å². The number of piperazine rings is 1. The fraction of sp³-hybridized carbons (Fsp3) is 0.500. The highest BCUT2D eigenvalue weighted by molar-refractivity contribution is 5.78. The Hall–Kier alpha value is -2.96. The van der Waals surface area contributed by atoms with E-state index in [4.69, 9.17) is 5.10 Å². The van der Waals surface area contributed by atoms with Crippen LogP contribution in [0, 0.1) is 5.92 Å². The first kappa shape index (κ1) is 21.3. The molecule has 0 bridgehead atoms. The second-order valence-corrected chi connectivity index (χ2v) is 9.40. The number of fused-ring (bicyclic) bond motifs is 1. The first-order valence-electron chi connectivity index (χ1n) is 11.1. The fourth-order valence-electron chi connectivity index (χ4n) is 3.89. The third kappa shape index (κ3) is 4.27. The third-order valence-electron chi connectivity index (χ3n) is 6.18. The largest absolute Gasteiger partial charge is 0.339 e. The van der Waals surface area contributed by atoms with Crippen LogP contribution in [-0.2, 0) is 10.2 Å². The van der Waals surface area contributed by atoms with E-state index in [1.165, 1.54) is 5.56 Å². The zero-order valence-corrected chi connectivity index (χ0v) is 19.2. The summed E-state index contributed by atoms with van der Waals surface area (Å²) in [6, 6.07) is 10.6. The van der Waals surface area contributed by atoms with Crippen molar-refractivity contribution in [2.45, 2.75) is 46.5 Å². The van der Waals surface area contributed by atoms with E-state index < -0.39 is 0 Å². The van der Waals surface area contributed by atoms with Gasteiger partial charge in [-0.05, 0) is 23.5 Å². The number of nitrogens with zero attached hydrogens (tertiary/aromatic N) is 6. The summed E-state index contributed by atoms with van der Waals surface area (Å²) in [7, 11) is 0. The number of carbonyl (C=O) groups excluding carboxylic acids is 1. The summed E-state index contributed by atoms with van der Waals surface area (Å²) in [4.78, 5) is 25.6. The molecule has 0 spiro atoms. The van der Waals surface area contributed by atoms with E-state index in [0.29, 0.717) is 24.8 Å². The van der Waals surface area contributed by atoms with Crippen LogP contribution in [0.4, 0.5) is 5.95 Å². The number of aromatic nitrogens is 4. The van der Waals surface area contributed by atoms with Gasteiger partial charge in [-0.1, -0.05) is 58.9 Å². The van der Waals surface area contributed by atoms with Gasteiger partial charge in [0, 0.05) is 43.9 Å². The van der Waals surface area contributed by atoms with Gasteiger partial charge < -0.3 is 9.80 Å². The van der Waals surface area contributed by atoms with E-state index in [9.17, 15) is 4.79 Å². The maximum absolute atomic E-state index is 12.5. The molecule has 7 heteroatoms. The van der Waals surface area contributed by atoms with Crippen molar-refractivity contribution in [1.29, 1.82) is 0 Å². The maximum Gasteiger partial charge on any atom is 0.254 e. The van der Waals surface area contributed by atoms with Gasteiger partial charge in [-0.2, -0.15) is 9.50 Å². The van der Waals surface area contributed by atoms with Gasteiger partial charge in [0.25, 0.3) is 5.78 Å². The topological polar surface area (TPSA) is 66.6 Å². The SMILES string of the molecule is CC[C@@H](C)C(=O)N1CCN(c2nc3nccc(-c4ccc(C(C)(C)C)cc4)n3n2)CC1. The molecule has 2 aromatic heterocycles. The second kappa shape index (κ2) is 8.29. The van der Waals surface area contributed by atoms with Crippen molar-refractivity contribution in [3.05, 3.63) is 42.1 Å². The Morgan fingerprint density at radius 2 is 1.74 bits per heavy atom. The van der Waals surface area contributed by atoms with E-state index >= 15 is 0 Å². The molecule has 0 N–H and O–H groups in total. The van der Waals surface area contributed by atoms with Crippen LogP contribution in [0.25, 0.3) is 17.0 Å². The summed E-state index contributed by atoms with van der Waals surface area (Å²) in [6.07, 6.45) is 2.65. The number of benzene rings is 1. The van der Waals surface area contributed by atoms with Crippen molar-refractivity contribution >= 4 is 17.6 Å². The van der Waals surface area contributed by atoms with Crippen LogP contribution in [0.15, 0.2) is 36.5 Å². The highest BCUT2D eigenvalue weighted by Gasteiger charge is 2.26. The average Bonchev–Trinajstić information content (AvgIpc) is 3.22. The molecular formula is C24H32N6O. The summed E-state index contributed by atoms with van der Waals surface area (Å²) < 4.78 is 1.82. The molecule has 1 amide bonds. The molecular weight excluding hydrogens is 388 g/mol. The molecule has 4 rings (SSSR count). The number of carbonyl (C=O) groups is 1. The Morgan fingerprint density at radius 1 is 1.06 bits per heavy atom. The Morgan fingerprint density at radius 3 is 2.35 bits per heavy atom. The summed E-state index contributed by atoms with van der Waals surface area (Å²) >= 11 is 0. The quantitative estimate of drug-likeness (QED) is 0.643. The molecule has 31 heavy (non-hydrogen) atoms. The minimum Gasteiger partial charge on any atom is -0.339 e. The summed E-state index contributed by atoms with van der Waals surface area (Å²) in [5.74, 6) is 1.58. The van der Waals surface area contributed by atoms with Crippen LogP contribution in [0.1, 0.15) is 46.6 Å². The van der Waals surface area contributed by atoms with Crippen LogP contribution >= 0.6 is 0 Å². The molecule has 0 aliphatic carbocycles. The lowest BCUT2D eigenvalue weighted by Crippen LogP contribution is -2.50. The standard InChI is InChI=1S/C24H32N6O/c1-6-17(2)21(31)28-13-15-29(16-14-28)23-26-22-25-12-11-20(30(22)27-23)18-7-9-19(10-8-18)24(3,4)5/h7-12,17H,6,13-16H2,1-5H3/t17-/m1/s1. The highest BCUT2D eigenvalue weighted by Crippen LogP contribution is 2.26. The Balaban J connectivity index is 1.55. The third-order valence-corrected chi connectivity index (χ3v) is 6.18. The summed E-state index contributed by atoms with van der Waals surface area (Å²) in [5.41, 5.74) is 3.46. The van der Waals surface area contributed by atoms with E-state index in [1.807, 2.05) is 22.4 Å². The minimum atomic E-state index is 0.0799. The number of hydrogen-bond donors (Lipinski definition) is 0. The Kier molecular flexibility index (Phi) is 5.69. The van der Waals surface area contributed by atoms with Gasteiger partial charge >= 0.3 is 0 Å². The maximum atomic E-state index is 12.5. The molecule has 1 aromatic carbocycles. The van der Waals surface area contributed by atoms with Gasteiger partial charge in [0.05, 0.1) is 5.69 Å². The van der Waals surface area contributed by atoms with Crippen molar-refractivity contribution in [2.24, 2.45) is 5.92 Å². The van der Waals surface area contributed by atoms with Crippen molar-refractivity contribution in [1.82, 2.24) is 24.5 Å². The molecule has 0 radical (unpaired) electrons. The average molecular weight is 421 g/mol. The van der Waals surface area contributed by atoms with Crippen LogP contribution < -0.4 is 4.90 Å². The summed E-state index contributed by atoms with van der Waals surface area (Å²) in [6.45, 7) is 13.6. The van der Waals surface area contributed by atoms with Crippen LogP contribution in [0.2, 0.25) is 0 Å². The molecule has 7 nitrogen and oxygen atoms in total. The van der Waals surface area contributed by atoms with E-state index in [0.717, 1.165) is 30.8 Å². The first-order chi connectivity index (χ1) is 14.8. The lowest BCUT2D eigenvalue weighted by atomic mass is 9.86. The van der Waals surface area contributed by atoms with E-state index in [1.54, 1.807) is 6.20 Å². The molecule has 1 atom stereocenters. The Labute approximate surface area is 184 Å². The Bertz CT molecular complexity index is 1060. The molecule has 1 saturated heterocycles.